The molecule has 0 spiro atoms. The fourth-order valence-electron chi connectivity index (χ4n) is 3.23. The molecule has 1 aliphatic carbocycles. The van der Waals surface area contributed by atoms with Gasteiger partial charge in [-0.15, -0.1) is 0 Å². The lowest BCUT2D eigenvalue weighted by molar-refractivity contribution is -0.149. The molecule has 0 aromatic rings. The highest BCUT2D eigenvalue weighted by atomic mass is 16.5. The topological polar surface area (TPSA) is 55.4 Å². The maximum absolute atomic E-state index is 11.6. The van der Waals surface area contributed by atoms with Crippen molar-refractivity contribution in [2.24, 2.45) is 5.92 Å². The van der Waals surface area contributed by atoms with E-state index in [1.54, 1.807) is 0 Å². The van der Waals surface area contributed by atoms with Gasteiger partial charge in [0.05, 0.1) is 12.5 Å². The fraction of sp³-hybridized carbons (Fsp3) is 0.867. The zero-order chi connectivity index (χ0) is 13.7. The Morgan fingerprint density at radius 2 is 2.05 bits per heavy atom. The van der Waals surface area contributed by atoms with Gasteiger partial charge in [-0.1, -0.05) is 39.0 Å². The SMILES string of the molecule is CCCC(=O)O[C@H]1CC(=O)N[C@H]1CC1CCCCC1. The first kappa shape index (κ1) is 14.4. The maximum Gasteiger partial charge on any atom is 0.306 e. The Bertz CT molecular complexity index is 323. The van der Waals surface area contributed by atoms with Crippen molar-refractivity contribution < 1.29 is 14.3 Å². The van der Waals surface area contributed by atoms with Crippen LogP contribution >= 0.6 is 0 Å². The van der Waals surface area contributed by atoms with Gasteiger partial charge in [-0.3, -0.25) is 9.59 Å². The third-order valence-corrected chi connectivity index (χ3v) is 4.23. The molecule has 2 aliphatic rings. The van der Waals surface area contributed by atoms with E-state index < -0.39 is 0 Å². The average molecular weight is 267 g/mol. The van der Waals surface area contributed by atoms with E-state index in [9.17, 15) is 9.59 Å². The quantitative estimate of drug-likeness (QED) is 0.779. The van der Waals surface area contributed by atoms with E-state index in [1.165, 1.54) is 32.1 Å². The summed E-state index contributed by atoms with van der Waals surface area (Å²) in [7, 11) is 0. The molecule has 2 rings (SSSR count). The number of hydrogen-bond donors (Lipinski definition) is 1. The van der Waals surface area contributed by atoms with Crippen molar-refractivity contribution in [2.45, 2.75) is 76.9 Å². The Morgan fingerprint density at radius 1 is 1.32 bits per heavy atom. The molecule has 1 saturated heterocycles. The van der Waals surface area contributed by atoms with E-state index in [-0.39, 0.29) is 24.0 Å². The van der Waals surface area contributed by atoms with Gasteiger partial charge in [-0.25, -0.2) is 0 Å². The van der Waals surface area contributed by atoms with Gasteiger partial charge in [0.2, 0.25) is 5.91 Å². The van der Waals surface area contributed by atoms with Crippen molar-refractivity contribution >= 4 is 11.9 Å². The molecule has 19 heavy (non-hydrogen) atoms. The molecule has 0 bridgehead atoms. The van der Waals surface area contributed by atoms with Crippen LogP contribution in [0.5, 0.6) is 0 Å². The molecular weight excluding hydrogens is 242 g/mol. The lowest BCUT2D eigenvalue weighted by atomic mass is 9.84. The van der Waals surface area contributed by atoms with Crippen LogP contribution in [0.3, 0.4) is 0 Å². The van der Waals surface area contributed by atoms with Gasteiger partial charge in [0, 0.05) is 6.42 Å². The Morgan fingerprint density at radius 3 is 2.74 bits per heavy atom. The van der Waals surface area contributed by atoms with Crippen LogP contribution in [0.2, 0.25) is 0 Å². The highest BCUT2D eigenvalue weighted by Gasteiger charge is 2.36. The van der Waals surface area contributed by atoms with Crippen LogP contribution in [0.25, 0.3) is 0 Å². The molecule has 2 atom stereocenters. The largest absolute Gasteiger partial charge is 0.460 e. The van der Waals surface area contributed by atoms with Crippen molar-refractivity contribution in [2.75, 3.05) is 0 Å². The van der Waals surface area contributed by atoms with Crippen molar-refractivity contribution in [1.82, 2.24) is 5.32 Å². The van der Waals surface area contributed by atoms with Gasteiger partial charge in [0.25, 0.3) is 0 Å². The summed E-state index contributed by atoms with van der Waals surface area (Å²) < 4.78 is 5.45. The average Bonchev–Trinajstić information content (AvgIpc) is 2.71. The molecule has 1 aliphatic heterocycles. The molecule has 4 heteroatoms. The van der Waals surface area contributed by atoms with Crippen LogP contribution in [0.4, 0.5) is 0 Å². The van der Waals surface area contributed by atoms with Gasteiger partial charge in [-0.05, 0) is 18.8 Å². The molecule has 1 N–H and O–H groups in total. The summed E-state index contributed by atoms with van der Waals surface area (Å²) in [4.78, 5) is 23.1. The molecule has 4 nitrogen and oxygen atoms in total. The summed E-state index contributed by atoms with van der Waals surface area (Å²) in [6.07, 6.45) is 8.74. The summed E-state index contributed by atoms with van der Waals surface area (Å²) in [5, 5.41) is 2.98. The highest BCUT2D eigenvalue weighted by Crippen LogP contribution is 2.30. The van der Waals surface area contributed by atoms with Crippen molar-refractivity contribution in [3.05, 3.63) is 0 Å². The third kappa shape index (κ3) is 4.22. The van der Waals surface area contributed by atoms with E-state index in [0.29, 0.717) is 18.8 Å². The predicted molar refractivity (Wildman–Crippen MR) is 72.5 cm³/mol. The van der Waals surface area contributed by atoms with Gasteiger partial charge in [0.1, 0.15) is 6.10 Å². The fourth-order valence-corrected chi connectivity index (χ4v) is 3.23. The second kappa shape index (κ2) is 6.92. The molecule has 0 aromatic heterocycles. The molecule has 0 unspecified atom stereocenters. The Labute approximate surface area is 115 Å². The second-order valence-electron chi connectivity index (χ2n) is 5.90. The number of ether oxygens (including phenoxy) is 1. The van der Waals surface area contributed by atoms with E-state index in [0.717, 1.165) is 12.8 Å². The standard InChI is InChI=1S/C15H25NO3/c1-2-6-15(18)19-13-10-14(17)16-12(13)9-11-7-4-3-5-8-11/h11-13H,2-10H2,1H3,(H,16,17)/t12-,13-/m0/s1. The number of carbonyl (C=O) groups is 2. The van der Waals surface area contributed by atoms with Gasteiger partial charge in [0.15, 0.2) is 0 Å². The second-order valence-corrected chi connectivity index (χ2v) is 5.90. The summed E-state index contributed by atoms with van der Waals surface area (Å²) in [5.74, 6) is 0.539. The number of carbonyl (C=O) groups excluding carboxylic acids is 2. The van der Waals surface area contributed by atoms with Gasteiger partial charge >= 0.3 is 5.97 Å². The molecule has 0 aromatic carbocycles. The number of esters is 1. The molecule has 1 saturated carbocycles. The summed E-state index contributed by atoms with van der Waals surface area (Å²) in [5.41, 5.74) is 0. The Hall–Kier alpha value is -1.06. The molecule has 1 amide bonds. The van der Waals surface area contributed by atoms with E-state index in [2.05, 4.69) is 5.32 Å². The minimum Gasteiger partial charge on any atom is -0.460 e. The maximum atomic E-state index is 11.6. The number of rotatable bonds is 5. The molecule has 0 radical (unpaired) electrons. The van der Waals surface area contributed by atoms with Crippen molar-refractivity contribution in [1.29, 1.82) is 0 Å². The predicted octanol–water partition coefficient (Wildman–Crippen LogP) is 2.56. The summed E-state index contributed by atoms with van der Waals surface area (Å²) >= 11 is 0. The third-order valence-electron chi connectivity index (χ3n) is 4.23. The lowest BCUT2D eigenvalue weighted by Gasteiger charge is -2.27. The smallest absolute Gasteiger partial charge is 0.306 e. The van der Waals surface area contributed by atoms with Crippen LogP contribution in [-0.2, 0) is 14.3 Å². The summed E-state index contributed by atoms with van der Waals surface area (Å²) in [6.45, 7) is 1.96. The number of hydrogen-bond acceptors (Lipinski definition) is 3. The molecular formula is C15H25NO3. The number of nitrogens with one attached hydrogen (secondary N) is 1. The Balaban J connectivity index is 1.85. The monoisotopic (exact) mass is 267 g/mol. The lowest BCUT2D eigenvalue weighted by Crippen LogP contribution is -2.36. The van der Waals surface area contributed by atoms with Crippen LogP contribution in [0.1, 0.15) is 64.7 Å². The van der Waals surface area contributed by atoms with Crippen LogP contribution < -0.4 is 5.32 Å². The zero-order valence-corrected chi connectivity index (χ0v) is 11.8. The first-order valence-electron chi connectivity index (χ1n) is 7.68. The summed E-state index contributed by atoms with van der Waals surface area (Å²) in [6, 6.07) is 0.0383. The van der Waals surface area contributed by atoms with E-state index in [1.807, 2.05) is 6.92 Å². The van der Waals surface area contributed by atoms with Gasteiger partial charge < -0.3 is 10.1 Å². The Kier molecular flexibility index (Phi) is 5.23. The minimum absolute atomic E-state index is 0.0232. The molecule has 108 valence electrons. The minimum atomic E-state index is -0.242. The first-order valence-corrected chi connectivity index (χ1v) is 7.68. The zero-order valence-electron chi connectivity index (χ0n) is 11.8. The van der Waals surface area contributed by atoms with E-state index >= 15 is 0 Å². The number of amides is 1. The van der Waals surface area contributed by atoms with Crippen LogP contribution in [-0.4, -0.2) is 24.0 Å². The molecule has 1 heterocycles. The first-order chi connectivity index (χ1) is 9.19. The van der Waals surface area contributed by atoms with E-state index in [4.69, 9.17) is 4.74 Å². The van der Waals surface area contributed by atoms with Crippen molar-refractivity contribution in [3.63, 3.8) is 0 Å². The van der Waals surface area contributed by atoms with Crippen LogP contribution in [0, 0.1) is 5.92 Å². The normalized spacial score (nSPS) is 28.2. The van der Waals surface area contributed by atoms with Crippen LogP contribution in [0.15, 0.2) is 0 Å². The molecule has 2 fully saturated rings. The van der Waals surface area contributed by atoms with Crippen molar-refractivity contribution in [3.8, 4) is 0 Å². The van der Waals surface area contributed by atoms with Gasteiger partial charge in [-0.2, -0.15) is 0 Å². The highest BCUT2D eigenvalue weighted by molar-refractivity contribution is 5.80.